The lowest BCUT2D eigenvalue weighted by molar-refractivity contribution is -0.144. The van der Waals surface area contributed by atoms with Gasteiger partial charge in [0, 0.05) is 16.9 Å². The predicted octanol–water partition coefficient (Wildman–Crippen LogP) is 4.53. The Morgan fingerprint density at radius 1 is 0.941 bits per heavy atom. The number of carbonyl (C=O) groups excluding carboxylic acids is 3. The molecule has 0 aliphatic carbocycles. The van der Waals surface area contributed by atoms with Crippen LogP contribution in [0.15, 0.2) is 53.1 Å². The van der Waals surface area contributed by atoms with Crippen molar-refractivity contribution in [2.45, 2.75) is 33.7 Å². The Morgan fingerprint density at radius 3 is 2.21 bits per heavy atom. The molecule has 178 valence electrons. The van der Waals surface area contributed by atoms with Crippen LogP contribution in [0.4, 0.5) is 16.2 Å². The van der Waals surface area contributed by atoms with E-state index in [-0.39, 0.29) is 17.8 Å². The zero-order valence-electron chi connectivity index (χ0n) is 19.8. The first-order chi connectivity index (χ1) is 16.2. The summed E-state index contributed by atoms with van der Waals surface area (Å²) in [5.74, 6) is -1.12. The average Bonchev–Trinajstić information content (AvgIpc) is 3.30. The summed E-state index contributed by atoms with van der Waals surface area (Å²) in [5.41, 5.74) is 4.20. The molecule has 2 aromatic carbocycles. The Kier molecular flexibility index (Phi) is 7.68. The van der Waals surface area contributed by atoms with Crippen molar-refractivity contribution in [3.8, 4) is 11.3 Å². The van der Waals surface area contributed by atoms with Crippen LogP contribution in [0.1, 0.15) is 35.7 Å². The van der Waals surface area contributed by atoms with Gasteiger partial charge in [-0.25, -0.2) is 14.6 Å². The lowest BCUT2D eigenvalue weighted by Gasteiger charge is -2.18. The first-order valence-electron chi connectivity index (χ1n) is 10.8. The molecule has 0 bridgehead atoms. The van der Waals surface area contributed by atoms with Crippen molar-refractivity contribution >= 4 is 29.3 Å². The monoisotopic (exact) mass is 464 g/mol. The second-order valence-corrected chi connectivity index (χ2v) is 8.20. The number of nitrogens with zero attached hydrogens (tertiary/aromatic N) is 1. The summed E-state index contributed by atoms with van der Waals surface area (Å²) in [7, 11) is 1.26. The summed E-state index contributed by atoms with van der Waals surface area (Å²) in [6.45, 7) is 7.58. The Morgan fingerprint density at radius 2 is 1.59 bits per heavy atom. The van der Waals surface area contributed by atoms with Crippen LogP contribution in [0.3, 0.4) is 0 Å². The summed E-state index contributed by atoms with van der Waals surface area (Å²) in [6, 6.07) is 11.4. The number of amides is 3. The van der Waals surface area contributed by atoms with Gasteiger partial charge in [0.2, 0.25) is 0 Å². The molecule has 0 aliphatic heterocycles. The fourth-order valence-electron chi connectivity index (χ4n) is 3.17. The number of hydrogen-bond donors (Lipinski definition) is 3. The van der Waals surface area contributed by atoms with Crippen molar-refractivity contribution in [1.29, 1.82) is 0 Å². The number of oxazole rings is 1. The van der Waals surface area contributed by atoms with Gasteiger partial charge in [-0.2, -0.15) is 0 Å². The molecule has 9 heteroatoms. The minimum Gasteiger partial charge on any atom is -0.467 e. The molecule has 34 heavy (non-hydrogen) atoms. The number of methoxy groups -OCH3 is 1. The quantitative estimate of drug-likeness (QED) is 0.442. The van der Waals surface area contributed by atoms with Crippen LogP contribution in [-0.2, 0) is 9.53 Å². The third-order valence-electron chi connectivity index (χ3n) is 5.30. The standard InChI is InChI=1S/C25H28N4O5/c1-14(2)21(24(31)33-5)29-22(30)23-26-13-20(34-23)17-7-10-18(11-8-17)27-25(32)28-19-9-6-15(3)16(4)12-19/h6-14,21H,1-5H3,(H,29,30)(H2,27,28,32). The Hall–Kier alpha value is -4.14. The number of aromatic nitrogens is 1. The van der Waals surface area contributed by atoms with Crippen LogP contribution >= 0.6 is 0 Å². The molecule has 9 nitrogen and oxygen atoms in total. The number of esters is 1. The summed E-state index contributed by atoms with van der Waals surface area (Å²) in [6.07, 6.45) is 1.42. The van der Waals surface area contributed by atoms with Crippen molar-refractivity contribution in [1.82, 2.24) is 10.3 Å². The maximum atomic E-state index is 12.5. The smallest absolute Gasteiger partial charge is 0.328 e. The third kappa shape index (κ3) is 6.00. The lowest BCUT2D eigenvalue weighted by atomic mass is 10.0. The molecule has 0 radical (unpaired) electrons. The number of ether oxygens (including phenoxy) is 1. The van der Waals surface area contributed by atoms with Gasteiger partial charge < -0.3 is 25.1 Å². The lowest BCUT2D eigenvalue weighted by Crippen LogP contribution is -2.45. The van der Waals surface area contributed by atoms with Gasteiger partial charge in [-0.1, -0.05) is 19.9 Å². The van der Waals surface area contributed by atoms with Crippen LogP contribution < -0.4 is 16.0 Å². The highest BCUT2D eigenvalue weighted by Gasteiger charge is 2.27. The maximum absolute atomic E-state index is 12.5. The van der Waals surface area contributed by atoms with Gasteiger partial charge in [0.1, 0.15) is 6.04 Å². The first-order valence-corrected chi connectivity index (χ1v) is 10.8. The molecule has 1 heterocycles. The van der Waals surface area contributed by atoms with Gasteiger partial charge in [0.25, 0.3) is 5.89 Å². The van der Waals surface area contributed by atoms with E-state index >= 15 is 0 Å². The highest BCUT2D eigenvalue weighted by Crippen LogP contribution is 2.23. The molecule has 1 atom stereocenters. The number of carbonyl (C=O) groups is 3. The second kappa shape index (κ2) is 10.7. The van der Waals surface area contributed by atoms with Crippen LogP contribution in [0.25, 0.3) is 11.3 Å². The highest BCUT2D eigenvalue weighted by molar-refractivity contribution is 6.00. The summed E-state index contributed by atoms with van der Waals surface area (Å²) < 4.78 is 10.3. The van der Waals surface area contributed by atoms with E-state index in [0.717, 1.165) is 11.1 Å². The molecule has 3 N–H and O–H groups in total. The molecule has 3 amide bonds. The number of hydrogen-bond acceptors (Lipinski definition) is 6. The van der Waals surface area contributed by atoms with E-state index in [1.54, 1.807) is 38.1 Å². The third-order valence-corrected chi connectivity index (χ3v) is 5.30. The fourth-order valence-corrected chi connectivity index (χ4v) is 3.17. The second-order valence-electron chi connectivity index (χ2n) is 8.20. The van der Waals surface area contributed by atoms with E-state index in [1.807, 2.05) is 32.0 Å². The normalized spacial score (nSPS) is 11.6. The van der Waals surface area contributed by atoms with Crippen LogP contribution in [0.2, 0.25) is 0 Å². The maximum Gasteiger partial charge on any atom is 0.328 e. The molecule has 0 aliphatic rings. The summed E-state index contributed by atoms with van der Waals surface area (Å²) >= 11 is 0. The van der Waals surface area contributed by atoms with Gasteiger partial charge in [0.15, 0.2) is 5.76 Å². The van der Waals surface area contributed by atoms with Crippen molar-refractivity contribution in [2.75, 3.05) is 17.7 Å². The van der Waals surface area contributed by atoms with E-state index in [4.69, 9.17) is 9.15 Å². The molecule has 0 fully saturated rings. The van der Waals surface area contributed by atoms with Crippen molar-refractivity contribution in [3.05, 3.63) is 65.7 Å². The Labute approximate surface area is 197 Å². The molecule has 1 aromatic heterocycles. The van der Waals surface area contributed by atoms with Crippen LogP contribution in [-0.4, -0.2) is 36.0 Å². The van der Waals surface area contributed by atoms with E-state index in [1.165, 1.54) is 13.3 Å². The number of anilines is 2. The molecule has 3 aromatic rings. The molecule has 3 rings (SSSR count). The highest BCUT2D eigenvalue weighted by atomic mass is 16.5. The van der Waals surface area contributed by atoms with Gasteiger partial charge in [-0.15, -0.1) is 0 Å². The van der Waals surface area contributed by atoms with Gasteiger partial charge >= 0.3 is 17.9 Å². The number of aryl methyl sites for hydroxylation is 2. The van der Waals surface area contributed by atoms with E-state index in [2.05, 4.69) is 20.9 Å². The van der Waals surface area contributed by atoms with Gasteiger partial charge in [0.05, 0.1) is 13.3 Å². The molecule has 1 unspecified atom stereocenters. The average molecular weight is 465 g/mol. The SMILES string of the molecule is COC(=O)C(NC(=O)c1ncc(-c2ccc(NC(=O)Nc3ccc(C)c(C)c3)cc2)o1)C(C)C. The minimum atomic E-state index is -0.812. The number of benzene rings is 2. The van der Waals surface area contributed by atoms with Crippen LogP contribution in [0, 0.1) is 19.8 Å². The van der Waals surface area contributed by atoms with Crippen molar-refractivity contribution in [3.63, 3.8) is 0 Å². The zero-order chi connectivity index (χ0) is 24.8. The molecular weight excluding hydrogens is 436 g/mol. The number of rotatable bonds is 7. The summed E-state index contributed by atoms with van der Waals surface area (Å²) in [5, 5.41) is 8.15. The molecule has 0 spiro atoms. The zero-order valence-corrected chi connectivity index (χ0v) is 19.8. The Balaban J connectivity index is 1.62. The first kappa shape index (κ1) is 24.5. The van der Waals surface area contributed by atoms with E-state index in [9.17, 15) is 14.4 Å². The topological polar surface area (TPSA) is 123 Å². The van der Waals surface area contributed by atoms with Crippen molar-refractivity contribution in [2.24, 2.45) is 5.92 Å². The van der Waals surface area contributed by atoms with E-state index < -0.39 is 17.9 Å². The fraction of sp³-hybridized carbons (Fsp3) is 0.280. The van der Waals surface area contributed by atoms with Crippen molar-refractivity contribution < 1.29 is 23.5 Å². The molecule has 0 saturated heterocycles. The van der Waals surface area contributed by atoms with Gasteiger partial charge in [-0.05, 0) is 67.3 Å². The predicted molar refractivity (Wildman–Crippen MR) is 129 cm³/mol. The molecule has 0 saturated carbocycles. The Bertz CT molecular complexity index is 1180. The number of urea groups is 1. The molecular formula is C25H28N4O5. The largest absolute Gasteiger partial charge is 0.467 e. The van der Waals surface area contributed by atoms with Crippen LogP contribution in [0.5, 0.6) is 0 Å². The minimum absolute atomic E-state index is 0.167. The summed E-state index contributed by atoms with van der Waals surface area (Å²) in [4.78, 5) is 40.6. The van der Waals surface area contributed by atoms with Gasteiger partial charge in [-0.3, -0.25) is 4.79 Å². The number of nitrogens with one attached hydrogen (secondary N) is 3. The van der Waals surface area contributed by atoms with E-state index in [0.29, 0.717) is 22.7 Å².